The standard InChI is InChI=1S/C77H126O6/c1-4-7-10-13-16-19-22-24-26-28-30-31-32-33-34-35-36-37-38-39-40-41-42-43-44-45-47-48-50-52-55-58-61-64-67-70-76(79)82-73-74(72-81-75(78)69-66-63-60-57-54-21-18-15-12-9-6-3)83-77(80)71-68-65-62-59-56-53-51-49-46-29-27-25-23-20-17-14-11-8-5-2/h7-8,10-11,15-20,24-27,30-31,33-34,46,49,53,56,62,65,74H,4-6,9,12-14,21-23,28-29,32,35-45,47-48,50-52,54-55,57-61,63-64,66-73H2,1-3H3/b10-7-,11-8-,18-15-,19-16-,20-17-,26-24-,27-25-,31-30-,34-33-,49-46-,56-53-,65-62-. The molecule has 0 fully saturated rings. The van der Waals surface area contributed by atoms with Crippen LogP contribution < -0.4 is 0 Å². The van der Waals surface area contributed by atoms with Crippen molar-refractivity contribution < 1.29 is 28.6 Å². The Morgan fingerprint density at radius 2 is 0.494 bits per heavy atom. The average molecular weight is 1150 g/mol. The minimum Gasteiger partial charge on any atom is -0.462 e. The molecule has 0 spiro atoms. The SMILES string of the molecule is CC/C=C\C/C=C\C/C=C\C/C=C\C/C=C\C/C=C\CCC(=O)OC(COC(=O)CCCCCCC/C=C\CCCC)COC(=O)CCCCCCCCCCCCCCCCCCCCC/C=C\C/C=C\C/C=C\C/C=C\C/C=C\CC. The van der Waals surface area contributed by atoms with E-state index in [1.54, 1.807) is 0 Å². The van der Waals surface area contributed by atoms with Crippen molar-refractivity contribution in [1.82, 2.24) is 0 Å². The Bertz CT molecular complexity index is 1800. The third kappa shape index (κ3) is 68.0. The van der Waals surface area contributed by atoms with Gasteiger partial charge in [0, 0.05) is 19.3 Å². The maximum atomic E-state index is 12.9. The fourth-order valence-corrected chi connectivity index (χ4v) is 9.24. The topological polar surface area (TPSA) is 78.9 Å². The van der Waals surface area contributed by atoms with Crippen LogP contribution in [0.15, 0.2) is 146 Å². The van der Waals surface area contributed by atoms with E-state index in [1.165, 1.54) is 135 Å². The molecule has 470 valence electrons. The molecule has 0 N–H and O–H groups in total. The van der Waals surface area contributed by atoms with E-state index in [1.807, 2.05) is 6.08 Å². The Balaban J connectivity index is 4.20. The highest BCUT2D eigenvalue weighted by atomic mass is 16.6. The predicted octanol–water partition coefficient (Wildman–Crippen LogP) is 23.9. The van der Waals surface area contributed by atoms with Gasteiger partial charge in [-0.05, 0) is 122 Å². The number of carbonyl (C=O) groups excluding carboxylic acids is 3. The Hall–Kier alpha value is -4.71. The van der Waals surface area contributed by atoms with Crippen LogP contribution in [0.1, 0.15) is 303 Å². The summed E-state index contributed by atoms with van der Waals surface area (Å²) in [6, 6.07) is 0. The van der Waals surface area contributed by atoms with Crippen molar-refractivity contribution >= 4 is 17.9 Å². The maximum absolute atomic E-state index is 12.9. The first-order valence-electron chi connectivity index (χ1n) is 34.3. The highest BCUT2D eigenvalue weighted by Crippen LogP contribution is 2.16. The van der Waals surface area contributed by atoms with Gasteiger partial charge in [0.2, 0.25) is 0 Å². The van der Waals surface area contributed by atoms with Gasteiger partial charge in [-0.1, -0.05) is 308 Å². The summed E-state index contributed by atoms with van der Waals surface area (Å²) in [6.45, 7) is 6.31. The fourth-order valence-electron chi connectivity index (χ4n) is 9.24. The van der Waals surface area contributed by atoms with Gasteiger partial charge in [0.25, 0.3) is 0 Å². The van der Waals surface area contributed by atoms with Crippen molar-refractivity contribution in [3.63, 3.8) is 0 Å². The van der Waals surface area contributed by atoms with Gasteiger partial charge >= 0.3 is 17.9 Å². The highest BCUT2D eigenvalue weighted by molar-refractivity contribution is 5.71. The van der Waals surface area contributed by atoms with E-state index in [2.05, 4.69) is 161 Å². The summed E-state index contributed by atoms with van der Waals surface area (Å²) in [4.78, 5) is 38.2. The fraction of sp³-hybridized carbons (Fsp3) is 0.649. The molecule has 0 heterocycles. The van der Waals surface area contributed by atoms with Crippen LogP contribution in [0.25, 0.3) is 0 Å². The third-order valence-corrected chi connectivity index (χ3v) is 14.3. The molecule has 1 unspecified atom stereocenters. The zero-order valence-corrected chi connectivity index (χ0v) is 53.9. The molecule has 0 amide bonds. The van der Waals surface area contributed by atoms with Gasteiger partial charge in [-0.15, -0.1) is 0 Å². The van der Waals surface area contributed by atoms with Crippen LogP contribution >= 0.6 is 0 Å². The first-order chi connectivity index (χ1) is 41.0. The third-order valence-electron chi connectivity index (χ3n) is 14.3. The van der Waals surface area contributed by atoms with E-state index in [4.69, 9.17) is 14.2 Å². The summed E-state index contributed by atoms with van der Waals surface area (Å²) < 4.78 is 16.8. The Labute approximate surface area is 512 Å². The summed E-state index contributed by atoms with van der Waals surface area (Å²) in [5.41, 5.74) is 0. The van der Waals surface area contributed by atoms with Gasteiger partial charge in [0.1, 0.15) is 13.2 Å². The molecule has 0 aliphatic carbocycles. The first kappa shape index (κ1) is 78.3. The van der Waals surface area contributed by atoms with Gasteiger partial charge in [-0.3, -0.25) is 14.4 Å². The molecule has 0 aromatic rings. The molecule has 1 atom stereocenters. The minimum absolute atomic E-state index is 0.112. The molecule has 0 rings (SSSR count). The van der Waals surface area contributed by atoms with Crippen LogP contribution in [0, 0.1) is 0 Å². The van der Waals surface area contributed by atoms with E-state index in [0.717, 1.165) is 122 Å². The number of ether oxygens (including phenoxy) is 3. The van der Waals surface area contributed by atoms with Gasteiger partial charge < -0.3 is 14.2 Å². The Morgan fingerprint density at radius 3 is 0.795 bits per heavy atom. The van der Waals surface area contributed by atoms with E-state index in [-0.39, 0.29) is 31.6 Å². The molecule has 0 saturated carbocycles. The van der Waals surface area contributed by atoms with Gasteiger partial charge in [-0.25, -0.2) is 0 Å². The lowest BCUT2D eigenvalue weighted by molar-refractivity contribution is -0.166. The van der Waals surface area contributed by atoms with Gasteiger partial charge in [0.15, 0.2) is 6.10 Å². The average Bonchev–Trinajstić information content (AvgIpc) is 3.48. The van der Waals surface area contributed by atoms with Crippen LogP contribution in [-0.4, -0.2) is 37.2 Å². The number of rotatable bonds is 61. The summed E-state index contributed by atoms with van der Waals surface area (Å²) in [5, 5.41) is 0. The van der Waals surface area contributed by atoms with Crippen molar-refractivity contribution in [2.75, 3.05) is 13.2 Å². The van der Waals surface area contributed by atoms with Crippen molar-refractivity contribution in [2.45, 2.75) is 309 Å². The molecule has 6 heteroatoms. The number of allylic oxidation sites excluding steroid dienone is 24. The quantitative estimate of drug-likeness (QED) is 0.0261. The van der Waals surface area contributed by atoms with E-state index >= 15 is 0 Å². The lowest BCUT2D eigenvalue weighted by atomic mass is 10.0. The van der Waals surface area contributed by atoms with Crippen LogP contribution in [0.3, 0.4) is 0 Å². The molecular weight excluding hydrogens is 1020 g/mol. The molecule has 0 aromatic heterocycles. The monoisotopic (exact) mass is 1150 g/mol. The molecule has 0 saturated heterocycles. The van der Waals surface area contributed by atoms with Crippen molar-refractivity contribution in [3.8, 4) is 0 Å². The van der Waals surface area contributed by atoms with Crippen molar-refractivity contribution in [1.29, 1.82) is 0 Å². The number of hydrogen-bond acceptors (Lipinski definition) is 6. The van der Waals surface area contributed by atoms with E-state index < -0.39 is 12.1 Å². The van der Waals surface area contributed by atoms with Crippen molar-refractivity contribution in [3.05, 3.63) is 146 Å². The normalized spacial score (nSPS) is 13.0. The van der Waals surface area contributed by atoms with Crippen LogP contribution in [0.2, 0.25) is 0 Å². The smallest absolute Gasteiger partial charge is 0.306 e. The zero-order valence-electron chi connectivity index (χ0n) is 53.9. The van der Waals surface area contributed by atoms with Crippen molar-refractivity contribution in [2.24, 2.45) is 0 Å². The molecule has 0 radical (unpaired) electrons. The second kappa shape index (κ2) is 69.8. The second-order valence-electron chi connectivity index (χ2n) is 22.3. The number of carbonyl (C=O) groups is 3. The number of unbranched alkanes of at least 4 members (excludes halogenated alkanes) is 26. The second-order valence-corrected chi connectivity index (χ2v) is 22.3. The minimum atomic E-state index is -0.825. The van der Waals surface area contributed by atoms with Gasteiger partial charge in [0.05, 0.1) is 0 Å². The van der Waals surface area contributed by atoms with Crippen LogP contribution in [0.4, 0.5) is 0 Å². The molecule has 0 aliphatic heterocycles. The predicted molar refractivity (Wildman–Crippen MR) is 362 cm³/mol. The first-order valence-corrected chi connectivity index (χ1v) is 34.3. The molecule has 0 bridgehead atoms. The lowest BCUT2D eigenvalue weighted by Crippen LogP contribution is -2.30. The lowest BCUT2D eigenvalue weighted by Gasteiger charge is -2.18. The molecule has 6 nitrogen and oxygen atoms in total. The molecule has 0 aromatic carbocycles. The zero-order chi connectivity index (χ0) is 59.9. The largest absolute Gasteiger partial charge is 0.462 e. The van der Waals surface area contributed by atoms with Crippen LogP contribution in [-0.2, 0) is 28.6 Å². The summed E-state index contributed by atoms with van der Waals surface area (Å²) in [5.74, 6) is -1.00. The summed E-state index contributed by atoms with van der Waals surface area (Å²) in [7, 11) is 0. The van der Waals surface area contributed by atoms with Crippen LogP contribution in [0.5, 0.6) is 0 Å². The molecular formula is C77H126O6. The Kier molecular flexibility index (Phi) is 65.8. The molecule has 0 aliphatic rings. The molecule has 83 heavy (non-hydrogen) atoms. The van der Waals surface area contributed by atoms with E-state index in [0.29, 0.717) is 19.3 Å². The number of hydrogen-bond donors (Lipinski definition) is 0. The Morgan fingerprint density at radius 1 is 0.253 bits per heavy atom. The summed E-state index contributed by atoms with van der Waals surface area (Å²) in [6.07, 6.45) is 100. The number of esters is 3. The summed E-state index contributed by atoms with van der Waals surface area (Å²) >= 11 is 0. The highest BCUT2D eigenvalue weighted by Gasteiger charge is 2.19. The van der Waals surface area contributed by atoms with Gasteiger partial charge in [-0.2, -0.15) is 0 Å². The maximum Gasteiger partial charge on any atom is 0.306 e. The van der Waals surface area contributed by atoms with E-state index in [9.17, 15) is 14.4 Å².